The van der Waals surface area contributed by atoms with Gasteiger partial charge >= 0.3 is 5.97 Å². The third-order valence-corrected chi connectivity index (χ3v) is 2.67. The fourth-order valence-electron chi connectivity index (χ4n) is 1.59. The summed E-state index contributed by atoms with van der Waals surface area (Å²) in [6.45, 7) is 3.56. The maximum Gasteiger partial charge on any atom is 0.333 e. The zero-order valence-corrected chi connectivity index (χ0v) is 9.60. The lowest BCUT2D eigenvalue weighted by atomic mass is 10.1. The molecule has 0 amide bonds. The summed E-state index contributed by atoms with van der Waals surface area (Å²) < 4.78 is 6.41. The summed E-state index contributed by atoms with van der Waals surface area (Å²) in [6, 6.07) is 7.75. The zero-order valence-electron chi connectivity index (χ0n) is 9.60. The number of hydrogen-bond donors (Lipinski definition) is 0. The first-order valence-corrected chi connectivity index (χ1v) is 5.09. The van der Waals surface area contributed by atoms with Crippen LogP contribution in [0.3, 0.4) is 0 Å². The summed E-state index contributed by atoms with van der Waals surface area (Å²) in [7, 11) is 1.38. The van der Waals surface area contributed by atoms with Crippen molar-refractivity contribution in [1.29, 1.82) is 0 Å². The van der Waals surface area contributed by atoms with Crippen molar-refractivity contribution in [3.8, 4) is 0 Å². The van der Waals surface area contributed by atoms with E-state index in [0.717, 1.165) is 10.9 Å². The van der Waals surface area contributed by atoms with Crippen LogP contribution in [0.15, 0.2) is 30.5 Å². The minimum atomic E-state index is -0.784. The molecule has 0 bridgehead atoms. The molecule has 1 aromatic carbocycles. The number of rotatable bonds is 2. The van der Waals surface area contributed by atoms with Crippen LogP contribution in [-0.4, -0.2) is 22.9 Å². The van der Waals surface area contributed by atoms with Crippen LogP contribution in [0.5, 0.6) is 0 Å². The molecule has 1 aromatic heterocycles. The highest BCUT2D eigenvalue weighted by Crippen LogP contribution is 2.20. The van der Waals surface area contributed by atoms with Crippen LogP contribution in [0.4, 0.5) is 0 Å². The molecule has 0 atom stereocenters. The van der Waals surface area contributed by atoms with Gasteiger partial charge in [0.2, 0.25) is 0 Å². The molecule has 0 aliphatic rings. The third kappa shape index (κ3) is 1.56. The summed E-state index contributed by atoms with van der Waals surface area (Å²) in [5, 5.41) is 5.38. The Balaban J connectivity index is 2.51. The molecular weight excluding hydrogens is 204 g/mol. The first-order valence-electron chi connectivity index (χ1n) is 5.09. The van der Waals surface area contributed by atoms with E-state index in [9.17, 15) is 4.79 Å². The van der Waals surface area contributed by atoms with Gasteiger partial charge in [0.15, 0.2) is 5.54 Å². The van der Waals surface area contributed by atoms with Crippen molar-refractivity contribution in [2.45, 2.75) is 19.4 Å². The van der Waals surface area contributed by atoms with E-state index >= 15 is 0 Å². The Labute approximate surface area is 93.8 Å². The Morgan fingerprint density at radius 2 is 2.06 bits per heavy atom. The van der Waals surface area contributed by atoms with Crippen molar-refractivity contribution in [2.75, 3.05) is 7.11 Å². The lowest BCUT2D eigenvalue weighted by Crippen LogP contribution is -2.37. The monoisotopic (exact) mass is 218 g/mol. The van der Waals surface area contributed by atoms with Gasteiger partial charge in [0.1, 0.15) is 0 Å². The van der Waals surface area contributed by atoms with Crippen LogP contribution in [0.2, 0.25) is 0 Å². The number of esters is 1. The maximum absolute atomic E-state index is 11.6. The van der Waals surface area contributed by atoms with E-state index in [1.54, 1.807) is 18.5 Å². The molecule has 2 rings (SSSR count). The molecule has 0 saturated carbocycles. The van der Waals surface area contributed by atoms with Crippen LogP contribution >= 0.6 is 0 Å². The SMILES string of the molecule is COC(=O)C(C)(C)n1cc2ccccc2n1. The van der Waals surface area contributed by atoms with Crippen LogP contribution in [0.1, 0.15) is 13.8 Å². The van der Waals surface area contributed by atoms with Gasteiger partial charge in [-0.3, -0.25) is 4.68 Å². The van der Waals surface area contributed by atoms with E-state index in [0.29, 0.717) is 0 Å². The first kappa shape index (κ1) is 10.7. The summed E-state index contributed by atoms with van der Waals surface area (Å²) >= 11 is 0. The van der Waals surface area contributed by atoms with Crippen LogP contribution in [0, 0.1) is 0 Å². The maximum atomic E-state index is 11.6. The Morgan fingerprint density at radius 3 is 2.69 bits per heavy atom. The molecule has 0 aliphatic carbocycles. The molecule has 4 heteroatoms. The molecule has 0 fully saturated rings. The van der Waals surface area contributed by atoms with Crippen molar-refractivity contribution < 1.29 is 9.53 Å². The number of methoxy groups -OCH3 is 1. The van der Waals surface area contributed by atoms with E-state index in [1.165, 1.54) is 7.11 Å². The average molecular weight is 218 g/mol. The summed E-state index contributed by atoms with van der Waals surface area (Å²) in [6.07, 6.45) is 1.85. The first-order chi connectivity index (χ1) is 7.55. The predicted octanol–water partition coefficient (Wildman–Crippen LogP) is 1.94. The molecule has 0 unspecified atom stereocenters. The van der Waals surface area contributed by atoms with E-state index in [1.807, 2.05) is 30.5 Å². The largest absolute Gasteiger partial charge is 0.467 e. The molecule has 0 aliphatic heterocycles. The van der Waals surface area contributed by atoms with E-state index in [4.69, 9.17) is 4.74 Å². The topological polar surface area (TPSA) is 44.1 Å². The molecule has 16 heavy (non-hydrogen) atoms. The van der Waals surface area contributed by atoms with Gasteiger partial charge in [0, 0.05) is 11.6 Å². The fourth-order valence-corrected chi connectivity index (χ4v) is 1.59. The van der Waals surface area contributed by atoms with E-state index < -0.39 is 5.54 Å². The second kappa shape index (κ2) is 3.63. The number of fused-ring (bicyclic) bond motifs is 1. The average Bonchev–Trinajstić information content (AvgIpc) is 2.72. The van der Waals surface area contributed by atoms with Gasteiger partial charge < -0.3 is 4.74 Å². The third-order valence-electron chi connectivity index (χ3n) is 2.67. The predicted molar refractivity (Wildman–Crippen MR) is 61.1 cm³/mol. The van der Waals surface area contributed by atoms with Gasteiger partial charge in [-0.05, 0) is 19.9 Å². The summed E-state index contributed by atoms with van der Waals surface area (Å²) in [4.78, 5) is 11.6. The lowest BCUT2D eigenvalue weighted by molar-refractivity contribution is -0.150. The molecule has 0 N–H and O–H groups in total. The van der Waals surface area contributed by atoms with Crippen molar-refractivity contribution >= 4 is 16.9 Å². The Bertz CT molecular complexity index is 496. The molecule has 2 aromatic rings. The number of carbonyl (C=O) groups is 1. The van der Waals surface area contributed by atoms with Crippen molar-refractivity contribution in [2.24, 2.45) is 0 Å². The Kier molecular flexibility index (Phi) is 2.42. The van der Waals surface area contributed by atoms with Crippen molar-refractivity contribution in [1.82, 2.24) is 9.78 Å². The van der Waals surface area contributed by atoms with Gasteiger partial charge in [-0.2, -0.15) is 5.10 Å². The molecule has 0 saturated heterocycles. The zero-order chi connectivity index (χ0) is 11.8. The Hall–Kier alpha value is -1.84. The molecule has 0 spiro atoms. The van der Waals surface area contributed by atoms with Gasteiger partial charge in [-0.15, -0.1) is 0 Å². The molecule has 0 radical (unpaired) electrons. The standard InChI is InChI=1S/C12H14N2O2/c1-12(2,11(15)16-3)14-8-9-6-4-5-7-10(9)13-14/h4-8H,1-3H3. The van der Waals surface area contributed by atoms with Crippen LogP contribution in [0.25, 0.3) is 10.9 Å². The summed E-state index contributed by atoms with van der Waals surface area (Å²) in [5.41, 5.74) is 0.0906. The van der Waals surface area contributed by atoms with Crippen molar-refractivity contribution in [3.05, 3.63) is 30.5 Å². The molecular formula is C12H14N2O2. The second-order valence-corrected chi connectivity index (χ2v) is 4.18. The highest BCUT2D eigenvalue weighted by molar-refractivity contribution is 5.81. The minimum absolute atomic E-state index is 0.305. The highest BCUT2D eigenvalue weighted by atomic mass is 16.5. The number of carbonyl (C=O) groups excluding carboxylic acids is 1. The number of hydrogen-bond acceptors (Lipinski definition) is 3. The van der Waals surface area contributed by atoms with Crippen molar-refractivity contribution in [3.63, 3.8) is 0 Å². The van der Waals surface area contributed by atoms with Crippen LogP contribution in [-0.2, 0) is 15.1 Å². The van der Waals surface area contributed by atoms with Gasteiger partial charge in [0.25, 0.3) is 0 Å². The van der Waals surface area contributed by atoms with E-state index in [-0.39, 0.29) is 5.97 Å². The quantitative estimate of drug-likeness (QED) is 0.723. The number of nitrogens with zero attached hydrogens (tertiary/aromatic N) is 2. The normalized spacial score (nSPS) is 11.7. The fraction of sp³-hybridized carbons (Fsp3) is 0.333. The lowest BCUT2D eigenvalue weighted by Gasteiger charge is -2.21. The molecule has 1 heterocycles. The molecule has 4 nitrogen and oxygen atoms in total. The number of aromatic nitrogens is 2. The minimum Gasteiger partial charge on any atom is -0.467 e. The second-order valence-electron chi connectivity index (χ2n) is 4.18. The van der Waals surface area contributed by atoms with Gasteiger partial charge in [-0.25, -0.2) is 4.79 Å². The molecule has 84 valence electrons. The highest BCUT2D eigenvalue weighted by Gasteiger charge is 2.31. The number of ether oxygens (including phenoxy) is 1. The summed E-state index contributed by atoms with van der Waals surface area (Å²) in [5.74, 6) is -0.305. The Morgan fingerprint density at radius 1 is 1.38 bits per heavy atom. The smallest absolute Gasteiger partial charge is 0.333 e. The van der Waals surface area contributed by atoms with Gasteiger partial charge in [-0.1, -0.05) is 18.2 Å². The van der Waals surface area contributed by atoms with Gasteiger partial charge in [0.05, 0.1) is 12.6 Å². The van der Waals surface area contributed by atoms with Crippen LogP contribution < -0.4 is 0 Å². The number of benzene rings is 1. The van der Waals surface area contributed by atoms with E-state index in [2.05, 4.69) is 5.10 Å².